The van der Waals surface area contributed by atoms with Crippen LogP contribution < -0.4 is 10.6 Å². The van der Waals surface area contributed by atoms with Crippen molar-refractivity contribution in [3.63, 3.8) is 0 Å². The standard InChI is InChI=1S/C18H28N2O4S/c1-7-8-12(3)19-13(21)10-24-16(22)15-11(2)9-14(25-15)20-17(23)18(4,5)6/h9,12H,7-8,10H2,1-6H3,(H,19,21)(H,20,23). The molecule has 0 saturated carbocycles. The number of thiophene rings is 1. The second-order valence-corrected chi connectivity index (χ2v) is 8.21. The monoisotopic (exact) mass is 368 g/mol. The highest BCUT2D eigenvalue weighted by atomic mass is 32.1. The molecule has 1 rings (SSSR count). The second kappa shape index (κ2) is 8.99. The molecule has 6 nitrogen and oxygen atoms in total. The first-order valence-electron chi connectivity index (χ1n) is 8.43. The number of esters is 1. The van der Waals surface area contributed by atoms with Crippen LogP contribution in [0.1, 0.15) is 62.7 Å². The molecule has 0 aliphatic rings. The van der Waals surface area contributed by atoms with Gasteiger partial charge in [0.05, 0.1) is 5.00 Å². The predicted molar refractivity (Wildman–Crippen MR) is 99.9 cm³/mol. The molecule has 1 atom stereocenters. The lowest BCUT2D eigenvalue weighted by Gasteiger charge is -2.16. The van der Waals surface area contributed by atoms with Crippen molar-refractivity contribution in [1.29, 1.82) is 0 Å². The normalized spacial score (nSPS) is 12.4. The van der Waals surface area contributed by atoms with E-state index in [-0.39, 0.29) is 24.5 Å². The van der Waals surface area contributed by atoms with Gasteiger partial charge < -0.3 is 15.4 Å². The molecule has 2 amide bonds. The van der Waals surface area contributed by atoms with Gasteiger partial charge in [0, 0.05) is 11.5 Å². The van der Waals surface area contributed by atoms with Gasteiger partial charge in [0.1, 0.15) is 4.88 Å². The number of carbonyl (C=O) groups excluding carboxylic acids is 3. The fourth-order valence-corrected chi connectivity index (χ4v) is 3.03. The zero-order valence-corrected chi connectivity index (χ0v) is 16.6. The van der Waals surface area contributed by atoms with Gasteiger partial charge in [0.25, 0.3) is 5.91 Å². The molecule has 1 aromatic heterocycles. The van der Waals surface area contributed by atoms with Crippen LogP contribution in [0.2, 0.25) is 0 Å². The Bertz CT molecular complexity index is 632. The minimum Gasteiger partial charge on any atom is -0.451 e. The average molecular weight is 368 g/mol. The van der Waals surface area contributed by atoms with E-state index in [9.17, 15) is 14.4 Å². The second-order valence-electron chi connectivity index (χ2n) is 7.16. The van der Waals surface area contributed by atoms with E-state index in [2.05, 4.69) is 10.6 Å². The molecule has 0 spiro atoms. The summed E-state index contributed by atoms with van der Waals surface area (Å²) in [5, 5.41) is 6.16. The summed E-state index contributed by atoms with van der Waals surface area (Å²) in [7, 11) is 0. The minimum absolute atomic E-state index is 0.0545. The Morgan fingerprint density at radius 3 is 2.48 bits per heavy atom. The molecule has 0 saturated heterocycles. The highest BCUT2D eigenvalue weighted by Gasteiger charge is 2.23. The van der Waals surface area contributed by atoms with Crippen LogP contribution in [0, 0.1) is 12.3 Å². The summed E-state index contributed by atoms with van der Waals surface area (Å²) in [5.41, 5.74) is 0.185. The van der Waals surface area contributed by atoms with E-state index in [0.717, 1.165) is 24.2 Å². The molecule has 1 heterocycles. The third-order valence-corrected chi connectivity index (χ3v) is 4.62. The Labute approximate surface area is 153 Å². The van der Waals surface area contributed by atoms with Gasteiger partial charge in [-0.25, -0.2) is 4.79 Å². The Morgan fingerprint density at radius 2 is 1.92 bits per heavy atom. The van der Waals surface area contributed by atoms with Crippen LogP contribution in [0.3, 0.4) is 0 Å². The van der Waals surface area contributed by atoms with Crippen LogP contribution >= 0.6 is 11.3 Å². The van der Waals surface area contributed by atoms with Gasteiger partial charge in [-0.1, -0.05) is 34.1 Å². The number of amides is 2. The van der Waals surface area contributed by atoms with Crippen LogP contribution in [0.25, 0.3) is 0 Å². The quantitative estimate of drug-likeness (QED) is 0.722. The summed E-state index contributed by atoms with van der Waals surface area (Å²) in [6.07, 6.45) is 1.85. The van der Waals surface area contributed by atoms with Gasteiger partial charge in [-0.3, -0.25) is 9.59 Å². The zero-order valence-electron chi connectivity index (χ0n) is 15.8. The number of anilines is 1. The third kappa shape index (κ3) is 6.86. The summed E-state index contributed by atoms with van der Waals surface area (Å²) in [6, 6.07) is 1.78. The van der Waals surface area contributed by atoms with Crippen LogP contribution in [0.5, 0.6) is 0 Å². The van der Waals surface area contributed by atoms with E-state index in [1.54, 1.807) is 13.0 Å². The van der Waals surface area contributed by atoms with Crippen LogP contribution in [0.15, 0.2) is 6.07 Å². The van der Waals surface area contributed by atoms with Crippen molar-refractivity contribution in [3.8, 4) is 0 Å². The molecule has 0 radical (unpaired) electrons. The van der Waals surface area contributed by atoms with E-state index in [4.69, 9.17) is 4.74 Å². The van der Waals surface area contributed by atoms with Crippen LogP contribution in [-0.2, 0) is 14.3 Å². The molecule has 0 aliphatic carbocycles. The van der Waals surface area contributed by atoms with Gasteiger partial charge in [-0.2, -0.15) is 0 Å². The van der Waals surface area contributed by atoms with Crippen LogP contribution in [-0.4, -0.2) is 30.4 Å². The van der Waals surface area contributed by atoms with E-state index in [0.29, 0.717) is 15.4 Å². The highest BCUT2D eigenvalue weighted by Crippen LogP contribution is 2.29. The highest BCUT2D eigenvalue weighted by molar-refractivity contribution is 7.18. The molecule has 0 aromatic carbocycles. The summed E-state index contributed by atoms with van der Waals surface area (Å²) in [4.78, 5) is 36.4. The van der Waals surface area contributed by atoms with Gasteiger partial charge in [-0.05, 0) is 31.9 Å². The average Bonchev–Trinajstić information content (AvgIpc) is 2.84. The smallest absolute Gasteiger partial charge is 0.349 e. The van der Waals surface area contributed by atoms with Crippen molar-refractivity contribution in [3.05, 3.63) is 16.5 Å². The van der Waals surface area contributed by atoms with E-state index in [1.165, 1.54) is 0 Å². The van der Waals surface area contributed by atoms with Crippen molar-refractivity contribution < 1.29 is 19.1 Å². The molecule has 1 unspecified atom stereocenters. The van der Waals surface area contributed by atoms with E-state index < -0.39 is 11.4 Å². The number of rotatable bonds is 7. The first-order valence-corrected chi connectivity index (χ1v) is 9.24. The lowest BCUT2D eigenvalue weighted by Crippen LogP contribution is -2.35. The van der Waals surface area contributed by atoms with Gasteiger partial charge in [0.15, 0.2) is 6.61 Å². The number of ether oxygens (including phenoxy) is 1. The summed E-state index contributed by atoms with van der Waals surface area (Å²) in [6.45, 7) is 10.9. The molecule has 25 heavy (non-hydrogen) atoms. The van der Waals surface area contributed by atoms with Crippen molar-refractivity contribution in [2.24, 2.45) is 5.41 Å². The maximum Gasteiger partial charge on any atom is 0.349 e. The maximum absolute atomic E-state index is 12.2. The first kappa shape index (κ1) is 21.2. The zero-order chi connectivity index (χ0) is 19.2. The summed E-state index contributed by atoms with van der Waals surface area (Å²) in [5.74, 6) is -1.00. The van der Waals surface area contributed by atoms with Crippen LogP contribution in [0.4, 0.5) is 5.00 Å². The predicted octanol–water partition coefficient (Wildman–Crippen LogP) is 3.50. The number of hydrogen-bond donors (Lipinski definition) is 2. The molecule has 0 aliphatic heterocycles. The number of carbonyl (C=O) groups is 3. The summed E-state index contributed by atoms with van der Waals surface area (Å²) >= 11 is 1.15. The van der Waals surface area contributed by atoms with Crippen molar-refractivity contribution in [2.75, 3.05) is 11.9 Å². The summed E-state index contributed by atoms with van der Waals surface area (Å²) < 4.78 is 5.08. The molecule has 2 N–H and O–H groups in total. The Morgan fingerprint density at radius 1 is 1.28 bits per heavy atom. The number of aryl methyl sites for hydroxylation is 1. The number of hydrogen-bond acceptors (Lipinski definition) is 5. The maximum atomic E-state index is 12.2. The fourth-order valence-electron chi connectivity index (χ4n) is 2.06. The lowest BCUT2D eigenvalue weighted by atomic mass is 9.96. The molecule has 0 fully saturated rings. The molecule has 1 aromatic rings. The largest absolute Gasteiger partial charge is 0.451 e. The SMILES string of the molecule is CCCC(C)NC(=O)COC(=O)c1sc(NC(=O)C(C)(C)C)cc1C. The van der Waals surface area contributed by atoms with Gasteiger partial charge in [-0.15, -0.1) is 11.3 Å². The Hall–Kier alpha value is -1.89. The molecule has 7 heteroatoms. The minimum atomic E-state index is -0.558. The lowest BCUT2D eigenvalue weighted by molar-refractivity contribution is -0.125. The van der Waals surface area contributed by atoms with Crippen molar-refractivity contribution in [1.82, 2.24) is 5.32 Å². The Balaban J connectivity index is 2.62. The van der Waals surface area contributed by atoms with Gasteiger partial charge >= 0.3 is 5.97 Å². The Kier molecular flexibility index (Phi) is 7.60. The third-order valence-electron chi connectivity index (χ3n) is 3.48. The molecular weight excluding hydrogens is 340 g/mol. The van der Waals surface area contributed by atoms with E-state index in [1.807, 2.05) is 34.6 Å². The first-order chi connectivity index (χ1) is 11.5. The van der Waals surface area contributed by atoms with E-state index >= 15 is 0 Å². The van der Waals surface area contributed by atoms with Gasteiger partial charge in [0.2, 0.25) is 5.91 Å². The molecular formula is C18H28N2O4S. The number of nitrogens with one attached hydrogen (secondary N) is 2. The molecule has 140 valence electrons. The molecule has 0 bridgehead atoms. The fraction of sp³-hybridized carbons (Fsp3) is 0.611. The van der Waals surface area contributed by atoms with Crippen molar-refractivity contribution >= 4 is 34.1 Å². The van der Waals surface area contributed by atoms with Crippen molar-refractivity contribution in [2.45, 2.75) is 60.4 Å². The topological polar surface area (TPSA) is 84.5 Å².